The van der Waals surface area contributed by atoms with Gasteiger partial charge in [0.25, 0.3) is 0 Å². The van der Waals surface area contributed by atoms with Gasteiger partial charge in [-0.1, -0.05) is 6.07 Å². The molecule has 2 N–H and O–H groups in total. The number of rotatable bonds is 9. The van der Waals surface area contributed by atoms with Crippen molar-refractivity contribution in [2.45, 2.75) is 38.4 Å². The molecule has 0 fully saturated rings. The van der Waals surface area contributed by atoms with Crippen molar-refractivity contribution in [1.29, 1.82) is 0 Å². The first-order chi connectivity index (χ1) is 16.1. The highest BCUT2D eigenvalue weighted by atomic mass is 16.6. The minimum absolute atomic E-state index is 0.409. The summed E-state index contributed by atoms with van der Waals surface area (Å²) in [5.74, 6) is 1.30. The van der Waals surface area contributed by atoms with E-state index >= 15 is 0 Å². The molecule has 0 saturated heterocycles. The fourth-order valence-electron chi connectivity index (χ4n) is 4.53. The monoisotopic (exact) mass is 447 g/mol. The second kappa shape index (κ2) is 10.7. The SMILES string of the molecule is CCOc1ccc(N(C)c2ccc3c(c2)CCC[C@H]3CNc2cnccc2C(O)OC)cc1. The molecule has 0 saturated carbocycles. The molecule has 6 heteroatoms. The normalized spacial score (nSPS) is 16.1. The van der Waals surface area contributed by atoms with Gasteiger partial charge in [0.15, 0.2) is 6.29 Å². The summed E-state index contributed by atoms with van der Waals surface area (Å²) < 4.78 is 10.7. The van der Waals surface area contributed by atoms with Gasteiger partial charge in [-0.05, 0) is 79.8 Å². The second-order valence-electron chi connectivity index (χ2n) is 8.39. The molecule has 0 amide bonds. The number of fused-ring (bicyclic) bond motifs is 1. The molecule has 33 heavy (non-hydrogen) atoms. The number of hydrogen-bond donors (Lipinski definition) is 2. The van der Waals surface area contributed by atoms with Crippen molar-refractivity contribution in [3.05, 3.63) is 77.6 Å². The summed E-state index contributed by atoms with van der Waals surface area (Å²) in [6.45, 7) is 3.45. The summed E-state index contributed by atoms with van der Waals surface area (Å²) in [5.41, 5.74) is 6.64. The molecule has 6 nitrogen and oxygen atoms in total. The van der Waals surface area contributed by atoms with Crippen LogP contribution in [-0.2, 0) is 11.2 Å². The average molecular weight is 448 g/mol. The van der Waals surface area contributed by atoms with Gasteiger partial charge in [-0.3, -0.25) is 4.98 Å². The number of benzene rings is 2. The number of aryl methyl sites for hydroxylation is 1. The van der Waals surface area contributed by atoms with E-state index in [9.17, 15) is 5.11 Å². The van der Waals surface area contributed by atoms with E-state index in [4.69, 9.17) is 9.47 Å². The molecule has 2 atom stereocenters. The predicted octanol–water partition coefficient (Wildman–Crippen LogP) is 5.42. The Hall–Kier alpha value is -3.09. The summed E-state index contributed by atoms with van der Waals surface area (Å²) in [6.07, 6.45) is 5.84. The van der Waals surface area contributed by atoms with Crippen LogP contribution in [-0.4, -0.2) is 37.4 Å². The number of nitrogens with zero attached hydrogens (tertiary/aromatic N) is 2. The fraction of sp³-hybridized carbons (Fsp3) is 0.370. The van der Waals surface area contributed by atoms with E-state index < -0.39 is 6.29 Å². The minimum Gasteiger partial charge on any atom is -0.494 e. The first-order valence-corrected chi connectivity index (χ1v) is 11.6. The van der Waals surface area contributed by atoms with Crippen LogP contribution in [0.4, 0.5) is 17.1 Å². The molecular weight excluding hydrogens is 414 g/mol. The summed E-state index contributed by atoms with van der Waals surface area (Å²) in [4.78, 5) is 6.42. The molecule has 0 aliphatic heterocycles. The third-order valence-electron chi connectivity index (χ3n) is 6.37. The van der Waals surface area contributed by atoms with Crippen molar-refractivity contribution < 1.29 is 14.6 Å². The zero-order valence-electron chi connectivity index (χ0n) is 19.6. The van der Waals surface area contributed by atoms with E-state index in [1.54, 1.807) is 18.5 Å². The zero-order chi connectivity index (χ0) is 23.2. The number of aliphatic hydroxyl groups is 1. The molecule has 2 aromatic carbocycles. The highest BCUT2D eigenvalue weighted by Gasteiger charge is 2.22. The van der Waals surface area contributed by atoms with Crippen LogP contribution < -0.4 is 15.0 Å². The van der Waals surface area contributed by atoms with E-state index in [-0.39, 0.29) is 0 Å². The fourth-order valence-corrected chi connectivity index (χ4v) is 4.53. The molecule has 0 bridgehead atoms. The Kier molecular flexibility index (Phi) is 7.47. The third kappa shape index (κ3) is 5.29. The number of nitrogens with one attached hydrogen (secondary N) is 1. The van der Waals surface area contributed by atoms with Crippen molar-refractivity contribution in [2.24, 2.45) is 0 Å². The van der Waals surface area contributed by atoms with Gasteiger partial charge in [0, 0.05) is 49.8 Å². The van der Waals surface area contributed by atoms with Gasteiger partial charge in [-0.25, -0.2) is 0 Å². The first kappa shape index (κ1) is 23.1. The average Bonchev–Trinajstić information content (AvgIpc) is 2.87. The Labute approximate surface area is 196 Å². The van der Waals surface area contributed by atoms with Crippen molar-refractivity contribution in [1.82, 2.24) is 4.98 Å². The van der Waals surface area contributed by atoms with E-state index in [1.807, 2.05) is 19.1 Å². The molecule has 1 aliphatic carbocycles. The van der Waals surface area contributed by atoms with E-state index in [1.165, 1.54) is 23.9 Å². The Morgan fingerprint density at radius 3 is 2.70 bits per heavy atom. The van der Waals surface area contributed by atoms with Crippen LogP contribution in [0.5, 0.6) is 5.75 Å². The van der Waals surface area contributed by atoms with Crippen LogP contribution in [0.2, 0.25) is 0 Å². The summed E-state index contributed by atoms with van der Waals surface area (Å²) in [5, 5.41) is 13.6. The van der Waals surface area contributed by atoms with E-state index in [0.29, 0.717) is 18.1 Å². The molecule has 4 rings (SSSR count). The Bertz CT molecular complexity index is 1050. The van der Waals surface area contributed by atoms with Crippen LogP contribution in [0, 0.1) is 0 Å². The quantitative estimate of drug-likeness (QED) is 0.427. The van der Waals surface area contributed by atoms with Crippen molar-refractivity contribution in [3.8, 4) is 5.75 Å². The van der Waals surface area contributed by atoms with Crippen LogP contribution in [0.15, 0.2) is 60.9 Å². The third-order valence-corrected chi connectivity index (χ3v) is 6.37. The second-order valence-corrected chi connectivity index (χ2v) is 8.39. The van der Waals surface area contributed by atoms with E-state index in [0.717, 1.165) is 42.9 Å². The van der Waals surface area contributed by atoms with Crippen molar-refractivity contribution in [3.63, 3.8) is 0 Å². The molecule has 1 unspecified atom stereocenters. The standard InChI is InChI=1S/C27H33N3O3/c1-4-33-23-11-8-21(9-12-23)30(2)22-10-13-24-19(16-22)6-5-7-20(24)17-29-26-18-28-15-14-25(26)27(31)32-3/h8-16,18,20,27,29,31H,4-7,17H2,1-3H3/t20-,27?/m0/s1. The van der Waals surface area contributed by atoms with Gasteiger partial charge < -0.3 is 24.8 Å². The van der Waals surface area contributed by atoms with E-state index in [2.05, 4.69) is 52.6 Å². The lowest BCUT2D eigenvalue weighted by Crippen LogP contribution is -2.20. The molecule has 0 radical (unpaired) electrons. The topological polar surface area (TPSA) is 66.9 Å². The number of methoxy groups -OCH3 is 1. The summed E-state index contributed by atoms with van der Waals surface area (Å²) in [7, 11) is 3.60. The Morgan fingerprint density at radius 1 is 1.15 bits per heavy atom. The summed E-state index contributed by atoms with van der Waals surface area (Å²) in [6, 6.07) is 16.8. The van der Waals surface area contributed by atoms with Crippen LogP contribution >= 0.6 is 0 Å². The number of aliphatic hydroxyl groups excluding tert-OH is 1. The highest BCUT2D eigenvalue weighted by molar-refractivity contribution is 5.65. The van der Waals surface area contributed by atoms with Crippen LogP contribution in [0.3, 0.4) is 0 Å². The van der Waals surface area contributed by atoms with Gasteiger partial charge in [-0.2, -0.15) is 0 Å². The van der Waals surface area contributed by atoms with Gasteiger partial charge in [0.05, 0.1) is 18.5 Å². The van der Waals surface area contributed by atoms with Gasteiger partial charge in [-0.15, -0.1) is 0 Å². The lowest BCUT2D eigenvalue weighted by molar-refractivity contribution is -0.0764. The maximum atomic E-state index is 10.1. The highest BCUT2D eigenvalue weighted by Crippen LogP contribution is 2.36. The van der Waals surface area contributed by atoms with Crippen molar-refractivity contribution in [2.75, 3.05) is 37.5 Å². The maximum Gasteiger partial charge on any atom is 0.182 e. The van der Waals surface area contributed by atoms with Crippen LogP contribution in [0.1, 0.15) is 48.7 Å². The number of anilines is 3. The van der Waals surface area contributed by atoms with Crippen LogP contribution in [0.25, 0.3) is 0 Å². The summed E-state index contributed by atoms with van der Waals surface area (Å²) >= 11 is 0. The van der Waals surface area contributed by atoms with Gasteiger partial charge in [0.1, 0.15) is 5.75 Å². The molecule has 1 aliphatic rings. The van der Waals surface area contributed by atoms with Gasteiger partial charge >= 0.3 is 0 Å². The smallest absolute Gasteiger partial charge is 0.182 e. The minimum atomic E-state index is -0.963. The zero-order valence-corrected chi connectivity index (χ0v) is 19.6. The Morgan fingerprint density at radius 2 is 1.94 bits per heavy atom. The number of aromatic nitrogens is 1. The molecule has 3 aromatic rings. The molecular formula is C27H33N3O3. The first-order valence-electron chi connectivity index (χ1n) is 11.6. The molecule has 0 spiro atoms. The molecule has 1 aromatic heterocycles. The van der Waals surface area contributed by atoms with Crippen molar-refractivity contribution >= 4 is 17.1 Å². The Balaban J connectivity index is 1.48. The largest absolute Gasteiger partial charge is 0.494 e. The molecule has 174 valence electrons. The predicted molar refractivity (Wildman–Crippen MR) is 132 cm³/mol. The maximum absolute atomic E-state index is 10.1. The number of ether oxygens (including phenoxy) is 2. The number of hydrogen-bond acceptors (Lipinski definition) is 6. The lowest BCUT2D eigenvalue weighted by Gasteiger charge is -2.29. The number of pyridine rings is 1. The molecule has 1 heterocycles. The van der Waals surface area contributed by atoms with Gasteiger partial charge in [0.2, 0.25) is 0 Å². The lowest BCUT2D eigenvalue weighted by atomic mass is 9.82.